The van der Waals surface area contributed by atoms with E-state index in [1.807, 2.05) is 39.0 Å². The van der Waals surface area contributed by atoms with Gasteiger partial charge in [-0.05, 0) is 32.9 Å². The molecule has 0 saturated carbocycles. The first kappa shape index (κ1) is 12.2. The van der Waals surface area contributed by atoms with E-state index in [9.17, 15) is 4.79 Å². The van der Waals surface area contributed by atoms with Crippen molar-refractivity contribution in [1.82, 2.24) is 0 Å². The van der Waals surface area contributed by atoms with Crippen molar-refractivity contribution < 1.29 is 9.53 Å². The fraction of sp³-hybridized carbons (Fsp3) is 0.417. The summed E-state index contributed by atoms with van der Waals surface area (Å²) in [6.07, 6.45) is 0. The second-order valence-electron chi connectivity index (χ2n) is 3.73. The maximum Gasteiger partial charge on any atom is 0.182 e. The molecule has 0 aliphatic heterocycles. The molecule has 0 saturated heterocycles. The van der Waals surface area contributed by atoms with Crippen LogP contribution in [-0.2, 0) is 0 Å². The van der Waals surface area contributed by atoms with Crippen molar-refractivity contribution >= 4 is 21.7 Å². The van der Waals surface area contributed by atoms with Gasteiger partial charge in [0.25, 0.3) is 0 Å². The minimum atomic E-state index is -0.555. The Morgan fingerprint density at radius 2 is 2.00 bits per heavy atom. The molecule has 3 heteroatoms. The predicted octanol–water partition coefficient (Wildman–Crippen LogP) is 3.44. The van der Waals surface area contributed by atoms with Crippen LogP contribution in [0.25, 0.3) is 0 Å². The van der Waals surface area contributed by atoms with Crippen molar-refractivity contribution in [3.8, 4) is 5.75 Å². The number of para-hydroxylation sites is 1. The molecular weight excluding hydrogens is 256 g/mol. The SMILES string of the molecule is CCOc1ccccc1C(=O)C(C)(C)Br. The lowest BCUT2D eigenvalue weighted by Crippen LogP contribution is -2.24. The first-order valence-electron chi connectivity index (χ1n) is 4.92. The minimum absolute atomic E-state index is 0.0338. The lowest BCUT2D eigenvalue weighted by Gasteiger charge is -2.17. The molecule has 1 rings (SSSR count). The van der Waals surface area contributed by atoms with Gasteiger partial charge in [-0.1, -0.05) is 28.1 Å². The quantitative estimate of drug-likeness (QED) is 0.619. The van der Waals surface area contributed by atoms with E-state index >= 15 is 0 Å². The van der Waals surface area contributed by atoms with Gasteiger partial charge in [-0.3, -0.25) is 4.79 Å². The number of rotatable bonds is 4. The molecule has 1 aromatic rings. The van der Waals surface area contributed by atoms with Crippen LogP contribution in [-0.4, -0.2) is 16.7 Å². The molecule has 2 nitrogen and oxygen atoms in total. The number of hydrogen-bond acceptors (Lipinski definition) is 2. The molecule has 0 unspecified atom stereocenters. The average molecular weight is 271 g/mol. The van der Waals surface area contributed by atoms with Crippen LogP contribution in [0.2, 0.25) is 0 Å². The zero-order valence-corrected chi connectivity index (χ0v) is 10.8. The average Bonchev–Trinajstić information content (AvgIpc) is 2.17. The van der Waals surface area contributed by atoms with E-state index in [0.717, 1.165) is 0 Å². The van der Waals surface area contributed by atoms with Crippen molar-refractivity contribution in [1.29, 1.82) is 0 Å². The van der Waals surface area contributed by atoms with Crippen LogP contribution in [0.15, 0.2) is 24.3 Å². The number of Topliss-reactive ketones (excluding diaryl/α,β-unsaturated/α-hetero) is 1. The summed E-state index contributed by atoms with van der Waals surface area (Å²) in [6, 6.07) is 7.31. The third-order valence-corrected chi connectivity index (χ3v) is 2.33. The Hall–Kier alpha value is -0.830. The number of hydrogen-bond donors (Lipinski definition) is 0. The second-order valence-corrected chi connectivity index (χ2v) is 5.71. The Kier molecular flexibility index (Phi) is 3.91. The summed E-state index contributed by atoms with van der Waals surface area (Å²) in [5.74, 6) is 0.684. The van der Waals surface area contributed by atoms with E-state index in [1.54, 1.807) is 6.07 Å². The molecule has 0 heterocycles. The Balaban J connectivity index is 3.08. The zero-order chi connectivity index (χ0) is 11.5. The smallest absolute Gasteiger partial charge is 0.182 e. The molecular formula is C12H15BrO2. The van der Waals surface area contributed by atoms with Crippen LogP contribution in [0.1, 0.15) is 31.1 Å². The maximum absolute atomic E-state index is 12.0. The molecule has 1 aromatic carbocycles. The molecule has 0 N–H and O–H groups in total. The molecule has 15 heavy (non-hydrogen) atoms. The molecule has 0 fully saturated rings. The van der Waals surface area contributed by atoms with Crippen molar-refractivity contribution in [3.63, 3.8) is 0 Å². The van der Waals surface area contributed by atoms with Crippen LogP contribution < -0.4 is 4.74 Å². The van der Waals surface area contributed by atoms with E-state index in [4.69, 9.17) is 4.74 Å². The van der Waals surface area contributed by atoms with E-state index < -0.39 is 4.32 Å². The Labute approximate surface area is 98.8 Å². The van der Waals surface area contributed by atoms with Gasteiger partial charge in [0.1, 0.15) is 5.75 Å². The van der Waals surface area contributed by atoms with Crippen LogP contribution in [0, 0.1) is 0 Å². The molecule has 0 amide bonds. The second kappa shape index (κ2) is 4.79. The third-order valence-electron chi connectivity index (χ3n) is 1.97. The number of carbonyl (C=O) groups excluding carboxylic acids is 1. The third kappa shape index (κ3) is 3.06. The highest BCUT2D eigenvalue weighted by Crippen LogP contribution is 2.27. The number of ether oxygens (including phenoxy) is 1. The van der Waals surface area contributed by atoms with Gasteiger partial charge >= 0.3 is 0 Å². The van der Waals surface area contributed by atoms with Gasteiger partial charge in [0.05, 0.1) is 16.5 Å². The lowest BCUT2D eigenvalue weighted by atomic mass is 10.0. The van der Waals surface area contributed by atoms with Crippen molar-refractivity contribution in [2.24, 2.45) is 0 Å². The summed E-state index contributed by atoms with van der Waals surface area (Å²) in [5, 5.41) is 0. The molecule has 0 aliphatic carbocycles. The maximum atomic E-state index is 12.0. The fourth-order valence-corrected chi connectivity index (χ4v) is 1.47. The fourth-order valence-electron chi connectivity index (χ4n) is 1.26. The predicted molar refractivity (Wildman–Crippen MR) is 64.9 cm³/mol. The molecule has 0 aliphatic rings. The van der Waals surface area contributed by atoms with Gasteiger partial charge in [-0.25, -0.2) is 0 Å². The molecule has 0 radical (unpaired) electrons. The first-order chi connectivity index (χ1) is 6.96. The Morgan fingerprint density at radius 3 is 2.53 bits per heavy atom. The highest BCUT2D eigenvalue weighted by Gasteiger charge is 2.27. The summed E-state index contributed by atoms with van der Waals surface area (Å²) in [5.41, 5.74) is 0.626. The zero-order valence-electron chi connectivity index (χ0n) is 9.21. The number of halogens is 1. The first-order valence-corrected chi connectivity index (χ1v) is 5.71. The molecule has 0 spiro atoms. The van der Waals surface area contributed by atoms with Crippen LogP contribution in [0.4, 0.5) is 0 Å². The van der Waals surface area contributed by atoms with Crippen molar-refractivity contribution in [2.45, 2.75) is 25.1 Å². The number of carbonyl (C=O) groups is 1. The van der Waals surface area contributed by atoms with E-state index in [1.165, 1.54) is 0 Å². The van der Waals surface area contributed by atoms with E-state index in [-0.39, 0.29) is 5.78 Å². The van der Waals surface area contributed by atoms with Crippen LogP contribution >= 0.6 is 15.9 Å². The Bertz CT molecular complexity index is 353. The summed E-state index contributed by atoms with van der Waals surface area (Å²) >= 11 is 3.36. The minimum Gasteiger partial charge on any atom is -0.493 e. The number of ketones is 1. The van der Waals surface area contributed by atoms with Gasteiger partial charge < -0.3 is 4.74 Å². The summed E-state index contributed by atoms with van der Waals surface area (Å²) < 4.78 is 4.86. The lowest BCUT2D eigenvalue weighted by molar-refractivity contribution is 0.0957. The highest BCUT2D eigenvalue weighted by atomic mass is 79.9. The standard InChI is InChI=1S/C12H15BrO2/c1-4-15-10-8-6-5-7-9(10)11(14)12(2,3)13/h5-8H,4H2,1-3H3. The van der Waals surface area contributed by atoms with Gasteiger partial charge in [-0.2, -0.15) is 0 Å². The Morgan fingerprint density at radius 1 is 1.40 bits per heavy atom. The van der Waals surface area contributed by atoms with E-state index in [0.29, 0.717) is 17.9 Å². The van der Waals surface area contributed by atoms with Gasteiger partial charge in [0.2, 0.25) is 0 Å². The highest BCUT2D eigenvalue weighted by molar-refractivity contribution is 9.10. The molecule has 0 aromatic heterocycles. The van der Waals surface area contributed by atoms with Gasteiger partial charge in [0.15, 0.2) is 5.78 Å². The van der Waals surface area contributed by atoms with Gasteiger partial charge in [-0.15, -0.1) is 0 Å². The summed E-state index contributed by atoms with van der Waals surface area (Å²) in [4.78, 5) is 12.0. The van der Waals surface area contributed by atoms with E-state index in [2.05, 4.69) is 15.9 Å². The molecule has 0 bridgehead atoms. The monoisotopic (exact) mass is 270 g/mol. The number of alkyl halides is 1. The van der Waals surface area contributed by atoms with Crippen LogP contribution in [0.5, 0.6) is 5.75 Å². The van der Waals surface area contributed by atoms with Gasteiger partial charge in [0, 0.05) is 0 Å². The van der Waals surface area contributed by atoms with Crippen molar-refractivity contribution in [3.05, 3.63) is 29.8 Å². The normalized spacial score (nSPS) is 11.2. The van der Waals surface area contributed by atoms with Crippen LogP contribution in [0.3, 0.4) is 0 Å². The number of benzene rings is 1. The topological polar surface area (TPSA) is 26.3 Å². The molecule has 0 atom stereocenters. The summed E-state index contributed by atoms with van der Waals surface area (Å²) in [7, 11) is 0. The molecule has 82 valence electrons. The largest absolute Gasteiger partial charge is 0.493 e. The van der Waals surface area contributed by atoms with Crippen molar-refractivity contribution in [2.75, 3.05) is 6.61 Å². The summed E-state index contributed by atoms with van der Waals surface area (Å²) in [6.45, 7) is 6.13.